The monoisotopic (exact) mass is 218 g/mol. The van der Waals surface area contributed by atoms with Crippen LogP contribution in [0.4, 0.5) is 0 Å². The van der Waals surface area contributed by atoms with Crippen molar-refractivity contribution in [3.8, 4) is 0 Å². The number of ether oxygens (including phenoxy) is 1. The van der Waals surface area contributed by atoms with Crippen LogP contribution in [0.15, 0.2) is 24.8 Å². The van der Waals surface area contributed by atoms with E-state index in [2.05, 4.69) is 30.5 Å². The highest BCUT2D eigenvalue weighted by Crippen LogP contribution is 1.91. The van der Waals surface area contributed by atoms with Gasteiger partial charge >= 0.3 is 11.9 Å². The fourth-order valence-electron chi connectivity index (χ4n) is 0.262. The molecule has 0 atom stereocenters. The Morgan fingerprint density at radius 2 is 2.00 bits per heavy atom. The van der Waals surface area contributed by atoms with Gasteiger partial charge in [-0.1, -0.05) is 13.2 Å². The standard InChI is InChI=1S/C6H10O2S.C3H4O2/c1-5(2)6(7)8-3-4-9;1-2-3(4)5/h9H,1,3-4H2,2H3;2H,1H2,(H,4,5). The second-order valence-electron chi connectivity index (χ2n) is 2.18. The topological polar surface area (TPSA) is 63.6 Å². The maximum Gasteiger partial charge on any atom is 0.333 e. The summed E-state index contributed by atoms with van der Waals surface area (Å²) in [4.78, 5) is 19.8. The van der Waals surface area contributed by atoms with Crippen LogP contribution in [0, 0.1) is 0 Å². The van der Waals surface area contributed by atoms with Gasteiger partial charge in [-0.25, -0.2) is 9.59 Å². The molecule has 0 spiro atoms. The van der Waals surface area contributed by atoms with Gasteiger partial charge in [0, 0.05) is 17.4 Å². The first-order valence-electron chi connectivity index (χ1n) is 3.74. The summed E-state index contributed by atoms with van der Waals surface area (Å²) < 4.78 is 4.64. The van der Waals surface area contributed by atoms with Gasteiger partial charge in [0.05, 0.1) is 0 Å². The molecular weight excluding hydrogens is 204 g/mol. The molecular formula is C9H14O4S. The maximum atomic E-state index is 10.5. The first-order chi connectivity index (χ1) is 6.45. The van der Waals surface area contributed by atoms with Crippen LogP contribution in [0.25, 0.3) is 0 Å². The Kier molecular flexibility index (Phi) is 10.7. The summed E-state index contributed by atoms with van der Waals surface area (Å²) in [6.07, 6.45) is 0.833. The number of carbonyl (C=O) groups is 2. The summed E-state index contributed by atoms with van der Waals surface area (Å²) in [7, 11) is 0. The minimum absolute atomic E-state index is 0.343. The fourth-order valence-corrected chi connectivity index (χ4v) is 0.353. The lowest BCUT2D eigenvalue weighted by Crippen LogP contribution is -2.06. The van der Waals surface area contributed by atoms with Crippen molar-refractivity contribution in [3.05, 3.63) is 24.8 Å². The molecule has 0 aliphatic heterocycles. The number of carboxylic acid groups (broad SMARTS) is 1. The highest BCUT2D eigenvalue weighted by molar-refractivity contribution is 7.80. The van der Waals surface area contributed by atoms with Crippen LogP contribution in [0.5, 0.6) is 0 Å². The van der Waals surface area contributed by atoms with Gasteiger partial charge < -0.3 is 9.84 Å². The van der Waals surface area contributed by atoms with Gasteiger partial charge in [0.2, 0.25) is 0 Å². The van der Waals surface area contributed by atoms with E-state index in [9.17, 15) is 9.59 Å². The third-order valence-electron chi connectivity index (χ3n) is 0.848. The third kappa shape index (κ3) is 13.4. The highest BCUT2D eigenvalue weighted by atomic mass is 32.1. The Balaban J connectivity index is 0. The molecule has 0 aromatic carbocycles. The van der Waals surface area contributed by atoms with Crippen molar-refractivity contribution in [1.82, 2.24) is 0 Å². The molecule has 4 nitrogen and oxygen atoms in total. The van der Waals surface area contributed by atoms with E-state index < -0.39 is 5.97 Å². The predicted molar refractivity (Wildman–Crippen MR) is 57.5 cm³/mol. The third-order valence-corrected chi connectivity index (χ3v) is 1.03. The van der Waals surface area contributed by atoms with Crippen molar-refractivity contribution in [1.29, 1.82) is 0 Å². The quantitative estimate of drug-likeness (QED) is 0.424. The lowest BCUT2D eigenvalue weighted by molar-refractivity contribution is -0.138. The van der Waals surface area contributed by atoms with Crippen LogP contribution in [-0.4, -0.2) is 29.4 Å². The van der Waals surface area contributed by atoms with Gasteiger partial charge in [-0.05, 0) is 6.92 Å². The molecule has 14 heavy (non-hydrogen) atoms. The molecule has 0 saturated heterocycles. The normalized spacial score (nSPS) is 7.86. The molecule has 0 aliphatic rings. The molecule has 0 heterocycles. The number of rotatable bonds is 4. The largest absolute Gasteiger partial charge is 0.478 e. The van der Waals surface area contributed by atoms with E-state index in [1.807, 2.05) is 0 Å². The average Bonchev–Trinajstić information content (AvgIpc) is 2.14. The van der Waals surface area contributed by atoms with Gasteiger partial charge in [-0.15, -0.1) is 0 Å². The number of carboxylic acids is 1. The van der Waals surface area contributed by atoms with E-state index in [-0.39, 0.29) is 5.97 Å². The highest BCUT2D eigenvalue weighted by Gasteiger charge is 1.99. The molecule has 1 N–H and O–H groups in total. The predicted octanol–water partition coefficient (Wildman–Crippen LogP) is 1.29. The van der Waals surface area contributed by atoms with E-state index >= 15 is 0 Å². The van der Waals surface area contributed by atoms with Gasteiger partial charge in [0.1, 0.15) is 6.61 Å². The van der Waals surface area contributed by atoms with Crippen LogP contribution in [0.3, 0.4) is 0 Å². The van der Waals surface area contributed by atoms with Gasteiger partial charge in [-0.3, -0.25) is 0 Å². The molecule has 5 heteroatoms. The van der Waals surface area contributed by atoms with Crippen LogP contribution in [-0.2, 0) is 14.3 Å². The van der Waals surface area contributed by atoms with Gasteiger partial charge in [-0.2, -0.15) is 12.6 Å². The molecule has 0 aromatic rings. The Hall–Kier alpha value is -1.23. The summed E-state index contributed by atoms with van der Waals surface area (Å²) in [5.74, 6) is -0.770. The van der Waals surface area contributed by atoms with Crippen LogP contribution >= 0.6 is 12.6 Å². The van der Waals surface area contributed by atoms with Crippen molar-refractivity contribution in [3.63, 3.8) is 0 Å². The zero-order chi connectivity index (χ0) is 11.6. The molecule has 0 saturated carbocycles. The number of esters is 1. The zero-order valence-corrected chi connectivity index (χ0v) is 8.92. The number of aliphatic carboxylic acids is 1. The Morgan fingerprint density at radius 1 is 1.57 bits per heavy atom. The second-order valence-corrected chi connectivity index (χ2v) is 2.63. The molecule has 80 valence electrons. The number of carbonyl (C=O) groups excluding carboxylic acids is 1. The Bertz CT molecular complexity index is 223. The van der Waals surface area contributed by atoms with E-state index in [4.69, 9.17) is 5.11 Å². The fraction of sp³-hybridized carbons (Fsp3) is 0.333. The average molecular weight is 218 g/mol. The van der Waals surface area contributed by atoms with E-state index in [0.717, 1.165) is 6.08 Å². The van der Waals surface area contributed by atoms with Crippen LogP contribution in [0.2, 0.25) is 0 Å². The molecule has 0 rings (SSSR count). The van der Waals surface area contributed by atoms with E-state index in [0.29, 0.717) is 17.9 Å². The summed E-state index contributed by atoms with van der Waals surface area (Å²) in [6, 6.07) is 0. The van der Waals surface area contributed by atoms with Gasteiger partial charge in [0.25, 0.3) is 0 Å². The molecule has 0 unspecified atom stereocenters. The van der Waals surface area contributed by atoms with Crippen molar-refractivity contribution in [2.45, 2.75) is 6.92 Å². The van der Waals surface area contributed by atoms with Crippen molar-refractivity contribution < 1.29 is 19.4 Å². The number of thiol groups is 1. The van der Waals surface area contributed by atoms with Crippen molar-refractivity contribution in [2.24, 2.45) is 0 Å². The number of hydrogen-bond donors (Lipinski definition) is 2. The van der Waals surface area contributed by atoms with Crippen molar-refractivity contribution in [2.75, 3.05) is 12.4 Å². The van der Waals surface area contributed by atoms with Crippen LogP contribution < -0.4 is 0 Å². The lowest BCUT2D eigenvalue weighted by atomic mass is 10.4. The Labute approximate surface area is 88.7 Å². The zero-order valence-electron chi connectivity index (χ0n) is 8.02. The van der Waals surface area contributed by atoms with Crippen molar-refractivity contribution >= 4 is 24.6 Å². The van der Waals surface area contributed by atoms with E-state index in [1.54, 1.807) is 6.92 Å². The van der Waals surface area contributed by atoms with Gasteiger partial charge in [0.15, 0.2) is 0 Å². The molecule has 0 amide bonds. The van der Waals surface area contributed by atoms with E-state index in [1.165, 1.54) is 0 Å². The first kappa shape index (κ1) is 15.3. The maximum absolute atomic E-state index is 10.5. The van der Waals surface area contributed by atoms with Crippen LogP contribution in [0.1, 0.15) is 6.92 Å². The lowest BCUT2D eigenvalue weighted by Gasteiger charge is -1.99. The molecule has 0 radical (unpaired) electrons. The molecule has 0 aromatic heterocycles. The second kappa shape index (κ2) is 9.85. The minimum atomic E-state index is -0.981. The summed E-state index contributed by atoms with van der Waals surface area (Å²) in [5.41, 5.74) is 0.428. The SMILES string of the molecule is C=C(C)C(=O)OCCS.C=CC(=O)O. The summed E-state index contributed by atoms with van der Waals surface area (Å²) in [5, 5.41) is 7.60. The first-order valence-corrected chi connectivity index (χ1v) is 4.37. The molecule has 0 bridgehead atoms. The molecule has 0 fully saturated rings. The Morgan fingerprint density at radius 3 is 2.21 bits per heavy atom. The minimum Gasteiger partial charge on any atom is -0.478 e. The number of hydrogen-bond acceptors (Lipinski definition) is 4. The molecule has 0 aliphatic carbocycles. The smallest absolute Gasteiger partial charge is 0.333 e. The summed E-state index contributed by atoms with van der Waals surface area (Å²) >= 11 is 3.86. The summed E-state index contributed by atoms with van der Waals surface area (Å²) in [6.45, 7) is 8.34.